The lowest BCUT2D eigenvalue weighted by molar-refractivity contribution is -0.171. The van der Waals surface area contributed by atoms with E-state index < -0.39 is 17.7 Å². The summed E-state index contributed by atoms with van der Waals surface area (Å²) in [5, 5.41) is 0.699. The predicted molar refractivity (Wildman–Crippen MR) is 165 cm³/mol. The van der Waals surface area contributed by atoms with E-state index in [1.807, 2.05) is 65.9 Å². The second kappa shape index (κ2) is 11.9. The Morgan fingerprint density at radius 3 is 2.20 bits per heavy atom. The van der Waals surface area contributed by atoms with Gasteiger partial charge in [0, 0.05) is 41.1 Å². The molecular weight excluding hydrogens is 520 g/mol. The Kier molecular flexibility index (Phi) is 8.96. The average molecular weight is 563 g/mol. The maximum atomic E-state index is 13.6. The summed E-state index contributed by atoms with van der Waals surface area (Å²) < 4.78 is 12.2. The molecule has 3 aromatic rings. The Morgan fingerprint density at radius 2 is 1.60 bits per heavy atom. The molecule has 4 rings (SSSR count). The van der Waals surface area contributed by atoms with Crippen molar-refractivity contribution in [2.45, 2.75) is 86.0 Å². The zero-order valence-corrected chi connectivity index (χ0v) is 25.9. The van der Waals surface area contributed by atoms with Crippen molar-refractivity contribution in [3.05, 3.63) is 71.0 Å². The lowest BCUT2D eigenvalue weighted by Gasteiger charge is -2.41. The largest absolute Gasteiger partial charge is 0.461 e. The van der Waals surface area contributed by atoms with E-state index in [0.717, 1.165) is 65.1 Å². The minimum Gasteiger partial charge on any atom is -0.461 e. The number of anilines is 1. The number of benzene rings is 2. The first-order valence-corrected chi connectivity index (χ1v) is 14.6. The number of carbonyl (C=O) groups excluding carboxylic acids is 1. The van der Waals surface area contributed by atoms with Gasteiger partial charge in [0.05, 0.1) is 17.4 Å². The van der Waals surface area contributed by atoms with Crippen molar-refractivity contribution >= 4 is 23.3 Å². The predicted octanol–water partition coefficient (Wildman–Crippen LogP) is 8.81. The molecule has 5 nitrogen and oxygen atoms in total. The summed E-state index contributed by atoms with van der Waals surface area (Å²) in [6, 6.07) is 16.3. The van der Waals surface area contributed by atoms with E-state index in [-0.39, 0.29) is 11.5 Å². The molecule has 2 aromatic carbocycles. The first-order chi connectivity index (χ1) is 18.7. The van der Waals surface area contributed by atoms with Crippen LogP contribution in [0, 0.1) is 12.3 Å². The van der Waals surface area contributed by atoms with Crippen LogP contribution in [-0.4, -0.2) is 35.7 Å². The van der Waals surface area contributed by atoms with Crippen LogP contribution in [0.3, 0.4) is 0 Å². The number of hydrogen-bond acceptors (Lipinski definition) is 5. The monoisotopic (exact) mass is 562 g/mol. The van der Waals surface area contributed by atoms with E-state index in [0.29, 0.717) is 5.02 Å². The minimum absolute atomic E-state index is 0.261. The van der Waals surface area contributed by atoms with Gasteiger partial charge in [-0.25, -0.2) is 4.79 Å². The summed E-state index contributed by atoms with van der Waals surface area (Å²) >= 11 is 6.32. The maximum absolute atomic E-state index is 13.6. The van der Waals surface area contributed by atoms with E-state index in [1.54, 1.807) is 0 Å². The molecule has 6 heteroatoms. The van der Waals surface area contributed by atoms with Gasteiger partial charge in [-0.15, -0.1) is 0 Å². The molecule has 0 amide bonds. The molecule has 0 spiro atoms. The van der Waals surface area contributed by atoms with Crippen LogP contribution in [0.4, 0.5) is 5.69 Å². The molecule has 0 unspecified atom stereocenters. The van der Waals surface area contributed by atoms with Crippen molar-refractivity contribution in [2.24, 2.45) is 5.41 Å². The summed E-state index contributed by atoms with van der Waals surface area (Å²) in [5.74, 6) is -0.391. The Bertz CT molecular complexity index is 1350. The topological polar surface area (TPSA) is 51.7 Å². The number of aryl methyl sites for hydroxylation is 1. The van der Waals surface area contributed by atoms with Crippen molar-refractivity contribution in [1.82, 2.24) is 4.98 Å². The summed E-state index contributed by atoms with van der Waals surface area (Å²) in [6.07, 6.45) is 2.88. The molecule has 0 N–H and O–H groups in total. The number of esters is 1. The maximum Gasteiger partial charge on any atom is 0.340 e. The third kappa shape index (κ3) is 7.24. The van der Waals surface area contributed by atoms with Crippen LogP contribution in [0.2, 0.25) is 5.02 Å². The number of nitrogens with zero attached hydrogens (tertiary/aromatic N) is 2. The van der Waals surface area contributed by atoms with E-state index in [2.05, 4.69) is 49.1 Å². The highest BCUT2D eigenvalue weighted by Crippen LogP contribution is 2.44. The van der Waals surface area contributed by atoms with Crippen LogP contribution in [-0.2, 0) is 14.3 Å². The van der Waals surface area contributed by atoms with Crippen LogP contribution in [0.25, 0.3) is 22.3 Å². The summed E-state index contributed by atoms with van der Waals surface area (Å²) in [5.41, 5.74) is 6.36. The molecule has 214 valence electrons. The number of piperidine rings is 1. The van der Waals surface area contributed by atoms with E-state index >= 15 is 0 Å². The highest BCUT2D eigenvalue weighted by Gasteiger charge is 2.37. The highest BCUT2D eigenvalue weighted by molar-refractivity contribution is 6.30. The molecule has 1 saturated heterocycles. The summed E-state index contributed by atoms with van der Waals surface area (Å²) in [6.45, 7) is 18.0. The zero-order chi connectivity index (χ0) is 29.2. The van der Waals surface area contributed by atoms with Crippen molar-refractivity contribution in [3.8, 4) is 22.3 Å². The first-order valence-electron chi connectivity index (χ1n) is 14.2. The van der Waals surface area contributed by atoms with Gasteiger partial charge in [0.25, 0.3) is 0 Å². The minimum atomic E-state index is -0.907. The number of aromatic nitrogens is 1. The van der Waals surface area contributed by atoms with Crippen LogP contribution in [0.5, 0.6) is 0 Å². The highest BCUT2D eigenvalue weighted by atomic mass is 35.5. The van der Waals surface area contributed by atoms with Gasteiger partial charge in [-0.05, 0) is 94.7 Å². The van der Waals surface area contributed by atoms with Crippen LogP contribution in [0.1, 0.15) is 78.7 Å². The molecule has 1 aliphatic rings. The van der Waals surface area contributed by atoms with Crippen LogP contribution < -0.4 is 4.90 Å². The third-order valence-corrected chi connectivity index (χ3v) is 7.59. The van der Waals surface area contributed by atoms with E-state index in [1.165, 1.54) is 0 Å². The summed E-state index contributed by atoms with van der Waals surface area (Å²) in [7, 11) is 0. The van der Waals surface area contributed by atoms with Gasteiger partial charge >= 0.3 is 5.97 Å². The molecule has 1 atom stereocenters. The SMILES string of the molecule is Cc1ncc(-c2cccc(-c3cccc(Cl)c3)c2)c(N2CCC(C)(C)CC2)c1[C@H](OC(C)(C)C)C(=O)OC(C)C. The smallest absolute Gasteiger partial charge is 0.340 e. The molecule has 0 radical (unpaired) electrons. The van der Waals surface area contributed by atoms with Crippen LogP contribution in [0.15, 0.2) is 54.7 Å². The molecule has 1 aliphatic heterocycles. The lowest BCUT2D eigenvalue weighted by atomic mass is 9.82. The fraction of sp³-hybridized carbons (Fsp3) is 0.471. The molecule has 0 saturated carbocycles. The van der Waals surface area contributed by atoms with Crippen LogP contribution >= 0.6 is 11.6 Å². The Balaban J connectivity index is 1.93. The van der Waals surface area contributed by atoms with Gasteiger partial charge in [0.2, 0.25) is 0 Å². The van der Waals surface area contributed by atoms with Gasteiger partial charge in [0.15, 0.2) is 6.10 Å². The fourth-order valence-electron chi connectivity index (χ4n) is 5.22. The number of ether oxygens (including phenoxy) is 2. The Hall–Kier alpha value is -2.89. The number of carbonyl (C=O) groups is 1. The van der Waals surface area contributed by atoms with Gasteiger partial charge in [0.1, 0.15) is 0 Å². The molecule has 0 bridgehead atoms. The van der Waals surface area contributed by atoms with Crippen molar-refractivity contribution in [1.29, 1.82) is 0 Å². The third-order valence-electron chi connectivity index (χ3n) is 7.35. The van der Waals surface area contributed by atoms with E-state index in [9.17, 15) is 4.79 Å². The Labute approximate surface area is 244 Å². The molecule has 1 aromatic heterocycles. The number of halogens is 1. The van der Waals surface area contributed by atoms with Gasteiger partial charge in [-0.2, -0.15) is 0 Å². The standard InChI is InChI=1S/C34H43ClN2O3/c1-22(2)39-32(38)31(40-33(4,5)6)29-23(3)36-21-28(30(29)37-17-15-34(7,8)16-18-37)26-13-9-11-24(19-26)25-12-10-14-27(35)20-25/h9-14,19-22,31H,15-18H2,1-8H3/t31-/m0/s1. The first kappa shape index (κ1) is 30.1. The Morgan fingerprint density at radius 1 is 1.00 bits per heavy atom. The van der Waals surface area contributed by atoms with Gasteiger partial charge < -0.3 is 14.4 Å². The lowest BCUT2D eigenvalue weighted by Crippen LogP contribution is -2.39. The number of rotatable bonds is 7. The van der Waals surface area contributed by atoms with Crippen molar-refractivity contribution in [2.75, 3.05) is 18.0 Å². The number of pyridine rings is 1. The molecule has 0 aliphatic carbocycles. The molecule has 40 heavy (non-hydrogen) atoms. The normalized spacial score (nSPS) is 16.2. The molecule has 2 heterocycles. The fourth-order valence-corrected chi connectivity index (χ4v) is 5.41. The average Bonchev–Trinajstić information content (AvgIpc) is 2.86. The quantitative estimate of drug-likeness (QED) is 0.269. The van der Waals surface area contributed by atoms with Gasteiger partial charge in [-0.3, -0.25) is 4.98 Å². The second-order valence-corrected chi connectivity index (χ2v) is 13.3. The van der Waals surface area contributed by atoms with E-state index in [4.69, 9.17) is 26.1 Å². The van der Waals surface area contributed by atoms with Gasteiger partial charge in [-0.1, -0.05) is 55.8 Å². The number of hydrogen-bond donors (Lipinski definition) is 0. The zero-order valence-electron chi connectivity index (χ0n) is 25.2. The molecule has 1 fully saturated rings. The van der Waals surface area contributed by atoms with Crippen molar-refractivity contribution in [3.63, 3.8) is 0 Å². The molecular formula is C34H43ClN2O3. The second-order valence-electron chi connectivity index (χ2n) is 12.9. The van der Waals surface area contributed by atoms with Crippen molar-refractivity contribution < 1.29 is 14.3 Å². The summed E-state index contributed by atoms with van der Waals surface area (Å²) in [4.78, 5) is 20.9.